The minimum absolute atomic E-state index is 0.0462. The van der Waals surface area contributed by atoms with E-state index in [-0.39, 0.29) is 12.0 Å². The highest BCUT2D eigenvalue weighted by atomic mass is 19.4. The first-order valence-electron chi connectivity index (χ1n) is 7.05. The van der Waals surface area contributed by atoms with Gasteiger partial charge < -0.3 is 15.5 Å². The predicted molar refractivity (Wildman–Crippen MR) is 75.5 cm³/mol. The van der Waals surface area contributed by atoms with E-state index in [9.17, 15) is 27.9 Å². The quantitative estimate of drug-likeness (QED) is 0.715. The third kappa shape index (κ3) is 5.55. The zero-order valence-electron chi connectivity index (χ0n) is 12.4. The van der Waals surface area contributed by atoms with E-state index in [1.165, 1.54) is 0 Å². The van der Waals surface area contributed by atoms with Crippen molar-refractivity contribution < 1.29 is 33.0 Å². The molecule has 0 radical (unpaired) electrons. The summed E-state index contributed by atoms with van der Waals surface area (Å²) in [7, 11) is 0. The molecule has 0 heterocycles. The maximum Gasteiger partial charge on any atom is 0.416 e. The zero-order chi connectivity index (χ0) is 17.6. The van der Waals surface area contributed by atoms with Crippen molar-refractivity contribution >= 4 is 11.9 Å². The number of benzene rings is 1. The van der Waals surface area contributed by atoms with Gasteiger partial charge >= 0.3 is 12.1 Å². The van der Waals surface area contributed by atoms with Crippen LogP contribution in [-0.4, -0.2) is 28.1 Å². The minimum Gasteiger partial charge on any atom is -0.480 e. The summed E-state index contributed by atoms with van der Waals surface area (Å²) in [5.74, 6) is -2.19. The Labute approximate surface area is 131 Å². The molecule has 0 aliphatic rings. The fourth-order valence-electron chi connectivity index (χ4n) is 1.92. The fourth-order valence-corrected chi connectivity index (χ4v) is 1.92. The Hall–Kier alpha value is -2.09. The first-order valence-corrected chi connectivity index (χ1v) is 7.05. The number of carboxylic acid groups (broad SMARTS) is 1. The van der Waals surface area contributed by atoms with E-state index in [0.29, 0.717) is 6.42 Å². The number of unbranched alkanes of at least 4 members (excludes halogenated alkanes) is 1. The number of amides is 1. The molecule has 1 amide bonds. The number of alkyl halides is 3. The van der Waals surface area contributed by atoms with Gasteiger partial charge in [0.1, 0.15) is 6.04 Å². The third-order valence-corrected chi connectivity index (χ3v) is 3.26. The Kier molecular flexibility index (Phi) is 6.56. The van der Waals surface area contributed by atoms with E-state index < -0.39 is 35.8 Å². The summed E-state index contributed by atoms with van der Waals surface area (Å²) in [6, 6.07) is 2.31. The molecule has 8 heteroatoms. The normalized spacial score (nSPS) is 14.1. The number of rotatable bonds is 7. The molecule has 0 aliphatic heterocycles. The highest BCUT2D eigenvalue weighted by Gasteiger charge is 2.31. The van der Waals surface area contributed by atoms with Crippen LogP contribution in [0.1, 0.15) is 43.4 Å². The van der Waals surface area contributed by atoms with Crippen molar-refractivity contribution in [2.45, 2.75) is 44.5 Å². The number of aliphatic hydroxyl groups excluding tert-OH is 1. The van der Waals surface area contributed by atoms with Crippen LogP contribution in [0.2, 0.25) is 0 Å². The van der Waals surface area contributed by atoms with Gasteiger partial charge in [0.15, 0.2) is 6.10 Å². The molecule has 2 atom stereocenters. The molecule has 3 N–H and O–H groups in total. The Morgan fingerprint density at radius 3 is 2.22 bits per heavy atom. The van der Waals surface area contributed by atoms with Crippen molar-refractivity contribution in [3.8, 4) is 0 Å². The van der Waals surface area contributed by atoms with Gasteiger partial charge in [-0.15, -0.1) is 0 Å². The summed E-state index contributed by atoms with van der Waals surface area (Å²) < 4.78 is 37.4. The molecule has 5 nitrogen and oxygen atoms in total. The average Bonchev–Trinajstić information content (AvgIpc) is 2.49. The van der Waals surface area contributed by atoms with E-state index in [1.54, 1.807) is 0 Å². The molecule has 0 aromatic heterocycles. The fraction of sp³-hybridized carbons (Fsp3) is 0.467. The van der Waals surface area contributed by atoms with Crippen molar-refractivity contribution in [2.24, 2.45) is 0 Å². The van der Waals surface area contributed by atoms with E-state index in [1.807, 2.05) is 6.92 Å². The summed E-state index contributed by atoms with van der Waals surface area (Å²) in [6.07, 6.45) is -4.73. The molecule has 1 aromatic rings. The lowest BCUT2D eigenvalue weighted by molar-refractivity contribution is -0.143. The molecule has 0 aliphatic carbocycles. The maximum absolute atomic E-state index is 12.5. The Morgan fingerprint density at radius 1 is 1.22 bits per heavy atom. The Balaban J connectivity index is 2.77. The number of carbonyl (C=O) groups excluding carboxylic acids is 1. The molecule has 128 valence electrons. The van der Waals surface area contributed by atoms with Gasteiger partial charge in [-0.25, -0.2) is 4.79 Å². The number of carboxylic acids is 1. The predicted octanol–water partition coefficient (Wildman–Crippen LogP) is 2.50. The monoisotopic (exact) mass is 333 g/mol. The van der Waals surface area contributed by atoms with Gasteiger partial charge in [0.05, 0.1) is 5.56 Å². The summed E-state index contributed by atoms with van der Waals surface area (Å²) in [6.45, 7) is 1.86. The molecular formula is C15H18F3NO4. The van der Waals surface area contributed by atoms with Crippen LogP contribution in [-0.2, 0) is 15.8 Å². The molecule has 1 rings (SSSR count). The SMILES string of the molecule is CCCC[C@H](NC(=O)[C@H](O)c1ccc(C(F)(F)F)cc1)C(=O)O. The van der Waals surface area contributed by atoms with Crippen LogP contribution in [0.15, 0.2) is 24.3 Å². The Bertz CT molecular complexity index is 543. The number of hydrogen-bond donors (Lipinski definition) is 3. The van der Waals surface area contributed by atoms with E-state index >= 15 is 0 Å². The molecular weight excluding hydrogens is 315 g/mol. The number of nitrogens with one attached hydrogen (secondary N) is 1. The summed E-state index contributed by atoms with van der Waals surface area (Å²) in [5, 5.41) is 21.0. The average molecular weight is 333 g/mol. The standard InChI is InChI=1S/C15H18F3NO4/c1-2-3-4-11(14(22)23)19-13(21)12(20)9-5-7-10(8-6-9)15(16,17)18/h5-8,11-12,20H,2-4H2,1H3,(H,19,21)(H,22,23)/t11-,12+/m0/s1. The molecule has 1 aromatic carbocycles. The lowest BCUT2D eigenvalue weighted by Gasteiger charge is -2.17. The first-order chi connectivity index (χ1) is 10.7. The number of carbonyl (C=O) groups is 2. The molecule has 0 saturated carbocycles. The second-order valence-corrected chi connectivity index (χ2v) is 5.06. The van der Waals surface area contributed by atoms with E-state index in [4.69, 9.17) is 5.11 Å². The lowest BCUT2D eigenvalue weighted by atomic mass is 10.0. The Morgan fingerprint density at radius 2 is 1.78 bits per heavy atom. The van der Waals surface area contributed by atoms with Gasteiger partial charge in [-0.3, -0.25) is 4.79 Å². The van der Waals surface area contributed by atoms with Crippen molar-refractivity contribution in [3.05, 3.63) is 35.4 Å². The lowest BCUT2D eigenvalue weighted by Crippen LogP contribution is -2.43. The second-order valence-electron chi connectivity index (χ2n) is 5.06. The van der Waals surface area contributed by atoms with Crippen molar-refractivity contribution in [1.82, 2.24) is 5.32 Å². The van der Waals surface area contributed by atoms with Crippen molar-refractivity contribution in [3.63, 3.8) is 0 Å². The molecule has 0 saturated heterocycles. The van der Waals surface area contributed by atoms with Crippen molar-refractivity contribution in [1.29, 1.82) is 0 Å². The number of aliphatic carboxylic acids is 1. The van der Waals surface area contributed by atoms with E-state index in [2.05, 4.69) is 5.32 Å². The molecule has 0 spiro atoms. The van der Waals surface area contributed by atoms with Gasteiger partial charge in [0.2, 0.25) is 0 Å². The van der Waals surface area contributed by atoms with Crippen LogP contribution in [0, 0.1) is 0 Å². The zero-order valence-corrected chi connectivity index (χ0v) is 12.4. The van der Waals surface area contributed by atoms with Crippen LogP contribution in [0.25, 0.3) is 0 Å². The number of aliphatic hydroxyl groups is 1. The molecule has 0 unspecified atom stereocenters. The van der Waals surface area contributed by atoms with Gasteiger partial charge in [0.25, 0.3) is 5.91 Å². The van der Waals surface area contributed by atoms with Crippen LogP contribution in [0.4, 0.5) is 13.2 Å². The summed E-state index contributed by atoms with van der Waals surface area (Å²) in [5.41, 5.74) is -0.949. The smallest absolute Gasteiger partial charge is 0.416 e. The summed E-state index contributed by atoms with van der Waals surface area (Å²) >= 11 is 0. The van der Waals surface area contributed by atoms with Crippen molar-refractivity contribution in [2.75, 3.05) is 0 Å². The van der Waals surface area contributed by atoms with Crippen LogP contribution in [0.3, 0.4) is 0 Å². The highest BCUT2D eigenvalue weighted by molar-refractivity contribution is 5.86. The van der Waals surface area contributed by atoms with E-state index in [0.717, 1.165) is 30.7 Å². The largest absolute Gasteiger partial charge is 0.480 e. The van der Waals surface area contributed by atoms with Crippen LogP contribution < -0.4 is 5.32 Å². The number of hydrogen-bond acceptors (Lipinski definition) is 3. The third-order valence-electron chi connectivity index (χ3n) is 3.26. The first kappa shape index (κ1) is 19.0. The topological polar surface area (TPSA) is 86.6 Å². The maximum atomic E-state index is 12.5. The molecule has 23 heavy (non-hydrogen) atoms. The summed E-state index contributed by atoms with van der Waals surface area (Å²) in [4.78, 5) is 22.9. The van der Waals surface area contributed by atoms with Crippen LogP contribution in [0.5, 0.6) is 0 Å². The second kappa shape index (κ2) is 7.96. The highest BCUT2D eigenvalue weighted by Crippen LogP contribution is 2.29. The number of halogens is 3. The van der Waals surface area contributed by atoms with Gasteiger partial charge in [-0.2, -0.15) is 13.2 Å². The van der Waals surface area contributed by atoms with Gasteiger partial charge in [-0.05, 0) is 24.1 Å². The van der Waals surface area contributed by atoms with Crippen LogP contribution >= 0.6 is 0 Å². The minimum atomic E-state index is -4.51. The van der Waals surface area contributed by atoms with Gasteiger partial charge in [0, 0.05) is 0 Å². The van der Waals surface area contributed by atoms with Gasteiger partial charge in [-0.1, -0.05) is 31.9 Å². The molecule has 0 bridgehead atoms. The molecule has 0 fully saturated rings.